The Morgan fingerprint density at radius 3 is 2.74 bits per heavy atom. The Bertz CT molecular complexity index is 1000. The van der Waals surface area contributed by atoms with Crippen LogP contribution < -0.4 is 16.4 Å². The molecule has 1 atom stereocenters. The van der Waals surface area contributed by atoms with E-state index in [0.717, 1.165) is 61.2 Å². The molecular weight excluding hydrogens is 436 g/mol. The molecule has 1 saturated heterocycles. The SMILES string of the molecule is CNC(=C\C(C)=C(\C=C/N)C1=CCC(C)(OC2CCOCC2)C(C#N)=C1)/C1=C/CCNCC/C=C\1. The van der Waals surface area contributed by atoms with Gasteiger partial charge in [0.2, 0.25) is 0 Å². The number of nitrogens with two attached hydrogens (primary N) is 1. The van der Waals surface area contributed by atoms with Crippen LogP contribution in [0.4, 0.5) is 0 Å². The minimum absolute atomic E-state index is 0.117. The van der Waals surface area contributed by atoms with Gasteiger partial charge in [-0.1, -0.05) is 24.3 Å². The summed E-state index contributed by atoms with van der Waals surface area (Å²) >= 11 is 0. The van der Waals surface area contributed by atoms with Crippen LogP contribution in [-0.4, -0.2) is 45.1 Å². The number of nitriles is 1. The van der Waals surface area contributed by atoms with Crippen LogP contribution in [0.2, 0.25) is 0 Å². The van der Waals surface area contributed by atoms with E-state index in [9.17, 15) is 5.26 Å². The fourth-order valence-corrected chi connectivity index (χ4v) is 4.66. The lowest BCUT2D eigenvalue weighted by molar-refractivity contribution is -0.0976. The number of hydrogen-bond acceptors (Lipinski definition) is 6. The van der Waals surface area contributed by atoms with Crippen molar-refractivity contribution in [2.75, 3.05) is 33.4 Å². The van der Waals surface area contributed by atoms with Crippen molar-refractivity contribution < 1.29 is 9.47 Å². The van der Waals surface area contributed by atoms with Crippen molar-refractivity contribution >= 4 is 0 Å². The molecule has 6 nitrogen and oxygen atoms in total. The molecule has 2 aliphatic heterocycles. The quantitative estimate of drug-likeness (QED) is 0.469. The lowest BCUT2D eigenvalue weighted by Crippen LogP contribution is -2.38. The molecule has 0 saturated carbocycles. The van der Waals surface area contributed by atoms with Gasteiger partial charge in [-0.25, -0.2) is 0 Å². The second kappa shape index (κ2) is 13.3. The average Bonchev–Trinajstić information content (AvgIpc) is 3.01. The maximum atomic E-state index is 10.00. The number of nitrogens with zero attached hydrogens (tertiary/aromatic N) is 1. The summed E-state index contributed by atoms with van der Waals surface area (Å²) in [5.74, 6) is 0. The second-order valence-electron chi connectivity index (χ2n) is 9.35. The van der Waals surface area contributed by atoms with Gasteiger partial charge in [-0.15, -0.1) is 0 Å². The van der Waals surface area contributed by atoms with Gasteiger partial charge in [-0.3, -0.25) is 0 Å². The number of allylic oxidation sites excluding steroid dienone is 7. The molecule has 0 aromatic heterocycles. The molecule has 0 amide bonds. The van der Waals surface area contributed by atoms with Gasteiger partial charge >= 0.3 is 0 Å². The van der Waals surface area contributed by atoms with Crippen LogP contribution in [0.3, 0.4) is 0 Å². The highest BCUT2D eigenvalue weighted by atomic mass is 16.5. The van der Waals surface area contributed by atoms with Crippen LogP contribution in [0.25, 0.3) is 0 Å². The van der Waals surface area contributed by atoms with Crippen molar-refractivity contribution in [2.45, 2.75) is 57.7 Å². The van der Waals surface area contributed by atoms with Gasteiger partial charge in [0.1, 0.15) is 5.60 Å². The zero-order chi connectivity index (χ0) is 25.1. The van der Waals surface area contributed by atoms with E-state index in [0.29, 0.717) is 25.2 Å². The molecule has 0 aromatic carbocycles. The van der Waals surface area contributed by atoms with Gasteiger partial charge in [0.05, 0.1) is 17.7 Å². The largest absolute Gasteiger partial charge is 0.405 e. The lowest BCUT2D eigenvalue weighted by Gasteiger charge is -2.37. The summed E-state index contributed by atoms with van der Waals surface area (Å²) < 4.78 is 11.9. The molecule has 0 radical (unpaired) electrons. The molecule has 1 aliphatic carbocycles. The van der Waals surface area contributed by atoms with E-state index in [1.54, 1.807) is 6.20 Å². The topological polar surface area (TPSA) is 92.3 Å². The number of nitrogens with one attached hydrogen (secondary N) is 2. The smallest absolute Gasteiger partial charge is 0.104 e. The summed E-state index contributed by atoms with van der Waals surface area (Å²) in [7, 11) is 1.95. The normalized spacial score (nSPS) is 27.8. The summed E-state index contributed by atoms with van der Waals surface area (Å²) in [4.78, 5) is 0. The van der Waals surface area contributed by atoms with Crippen LogP contribution in [0.15, 0.2) is 82.3 Å². The van der Waals surface area contributed by atoms with E-state index >= 15 is 0 Å². The van der Waals surface area contributed by atoms with Crippen LogP contribution in [0, 0.1) is 11.3 Å². The lowest BCUT2D eigenvalue weighted by atomic mass is 9.82. The minimum atomic E-state index is -0.626. The fraction of sp³-hybridized carbons (Fsp3) is 0.483. The predicted octanol–water partition coefficient (Wildman–Crippen LogP) is 4.48. The Labute approximate surface area is 210 Å². The molecule has 1 fully saturated rings. The second-order valence-corrected chi connectivity index (χ2v) is 9.35. The molecule has 0 aromatic rings. The minimum Gasteiger partial charge on any atom is -0.405 e. The summed E-state index contributed by atoms with van der Waals surface area (Å²) in [6.45, 7) is 7.50. The van der Waals surface area contributed by atoms with Crippen molar-refractivity contribution in [1.29, 1.82) is 5.26 Å². The Morgan fingerprint density at radius 2 is 2.03 bits per heavy atom. The average molecular weight is 477 g/mol. The molecule has 4 N–H and O–H groups in total. The molecule has 0 spiro atoms. The van der Waals surface area contributed by atoms with Gasteiger partial charge < -0.3 is 25.8 Å². The van der Waals surface area contributed by atoms with Crippen LogP contribution >= 0.6 is 0 Å². The molecule has 0 bridgehead atoms. The van der Waals surface area contributed by atoms with Crippen molar-refractivity contribution in [3.8, 4) is 6.07 Å². The third kappa shape index (κ3) is 7.32. The summed E-state index contributed by atoms with van der Waals surface area (Å²) in [5.41, 5.74) is 11.1. The van der Waals surface area contributed by atoms with Crippen molar-refractivity contribution in [1.82, 2.24) is 10.6 Å². The number of rotatable bonds is 7. The highest BCUT2D eigenvalue weighted by Gasteiger charge is 2.35. The zero-order valence-corrected chi connectivity index (χ0v) is 21.4. The van der Waals surface area contributed by atoms with E-state index in [1.165, 1.54) is 5.57 Å². The Balaban J connectivity index is 1.91. The summed E-state index contributed by atoms with van der Waals surface area (Å²) in [5, 5.41) is 16.8. The first-order valence-electron chi connectivity index (χ1n) is 12.7. The van der Waals surface area contributed by atoms with E-state index in [1.807, 2.05) is 26.1 Å². The maximum absolute atomic E-state index is 10.00. The third-order valence-electron chi connectivity index (χ3n) is 6.71. The Kier molecular flexibility index (Phi) is 10.2. The van der Waals surface area contributed by atoms with Gasteiger partial charge in [0.15, 0.2) is 0 Å². The van der Waals surface area contributed by atoms with Gasteiger partial charge in [-0.2, -0.15) is 5.26 Å². The van der Waals surface area contributed by atoms with E-state index in [-0.39, 0.29) is 6.10 Å². The monoisotopic (exact) mass is 476 g/mol. The number of ether oxygens (including phenoxy) is 2. The van der Waals surface area contributed by atoms with Crippen LogP contribution in [-0.2, 0) is 9.47 Å². The van der Waals surface area contributed by atoms with Crippen molar-refractivity contribution in [3.05, 3.63) is 82.3 Å². The number of hydrogen-bond donors (Lipinski definition) is 3. The molecule has 6 heteroatoms. The standard InChI is InChI=1S/C29H40N4O2/c1-22(19-28(32-3)23-7-4-5-15-33-16-6-8-23)27(10-14-30)24-9-13-29(2,25(20-24)21-31)35-26-11-17-34-18-12-26/h4,7-10,14,19-20,26,32-33H,5-6,11-13,15-18,30H2,1-3H3/b7-4-,14-10-,23-8+,27-22-,28-19-. The van der Waals surface area contributed by atoms with Crippen LogP contribution in [0.5, 0.6) is 0 Å². The van der Waals surface area contributed by atoms with Gasteiger partial charge in [0, 0.05) is 26.0 Å². The van der Waals surface area contributed by atoms with Gasteiger partial charge in [-0.05, 0) is 106 Å². The highest BCUT2D eigenvalue weighted by molar-refractivity contribution is 5.58. The molecule has 1 unspecified atom stereocenters. The molecule has 188 valence electrons. The first-order valence-corrected chi connectivity index (χ1v) is 12.7. The summed E-state index contributed by atoms with van der Waals surface area (Å²) in [6.07, 6.45) is 20.9. The molecule has 3 rings (SSSR count). The van der Waals surface area contributed by atoms with Crippen molar-refractivity contribution in [2.24, 2.45) is 5.73 Å². The third-order valence-corrected chi connectivity index (χ3v) is 6.71. The number of likely N-dealkylation sites (N-methyl/N-ethyl adjacent to an activating group) is 1. The predicted molar refractivity (Wildman–Crippen MR) is 142 cm³/mol. The zero-order valence-electron chi connectivity index (χ0n) is 21.4. The first kappa shape index (κ1) is 26.7. The molecule has 3 aliphatic rings. The van der Waals surface area contributed by atoms with Crippen molar-refractivity contribution in [3.63, 3.8) is 0 Å². The first-order chi connectivity index (χ1) is 17.0. The van der Waals surface area contributed by atoms with E-state index in [4.69, 9.17) is 15.2 Å². The van der Waals surface area contributed by atoms with Gasteiger partial charge in [0.25, 0.3) is 0 Å². The highest BCUT2D eigenvalue weighted by Crippen LogP contribution is 2.37. The molecular formula is C29H40N4O2. The Morgan fingerprint density at radius 1 is 1.26 bits per heavy atom. The van der Waals surface area contributed by atoms with E-state index < -0.39 is 5.60 Å². The molecule has 2 heterocycles. The summed E-state index contributed by atoms with van der Waals surface area (Å²) in [6, 6.07) is 2.41. The fourth-order valence-electron chi connectivity index (χ4n) is 4.66. The van der Waals surface area contributed by atoms with Crippen LogP contribution in [0.1, 0.15) is 46.0 Å². The Hall–Kier alpha value is -2.85. The molecule has 35 heavy (non-hydrogen) atoms. The van der Waals surface area contributed by atoms with E-state index in [2.05, 4.69) is 54.0 Å². The maximum Gasteiger partial charge on any atom is 0.104 e.